The molecular formula is C20H44BrP. The van der Waals surface area contributed by atoms with Crippen LogP contribution in [0.15, 0.2) is 0 Å². The van der Waals surface area contributed by atoms with Crippen LogP contribution in [-0.4, -0.2) is 18.0 Å². The molecule has 0 N–H and O–H groups in total. The molecule has 0 aromatic heterocycles. The van der Waals surface area contributed by atoms with Crippen LogP contribution in [0, 0.1) is 0 Å². The van der Waals surface area contributed by atoms with Gasteiger partial charge in [-0.25, -0.2) is 0 Å². The number of rotatable bonds is 16. The lowest BCUT2D eigenvalue weighted by Crippen LogP contribution is -2.10. The summed E-state index contributed by atoms with van der Waals surface area (Å²) in [4.78, 5) is 0. The van der Waals surface area contributed by atoms with E-state index in [1.165, 1.54) is 77.0 Å². The van der Waals surface area contributed by atoms with E-state index in [9.17, 15) is 0 Å². The molecule has 0 aromatic carbocycles. The van der Waals surface area contributed by atoms with E-state index >= 15 is 0 Å². The van der Waals surface area contributed by atoms with Crippen molar-refractivity contribution in [2.24, 2.45) is 0 Å². The van der Waals surface area contributed by atoms with Crippen molar-refractivity contribution in [2.75, 3.05) is 12.3 Å². The van der Waals surface area contributed by atoms with E-state index in [4.69, 9.17) is 0 Å². The predicted octanol–water partition coefficient (Wildman–Crippen LogP) is 8.57. The monoisotopic (exact) mass is 394 g/mol. The first-order valence-corrected chi connectivity index (χ1v) is 11.8. The van der Waals surface area contributed by atoms with E-state index in [0.29, 0.717) is 7.92 Å². The van der Waals surface area contributed by atoms with Crippen LogP contribution < -0.4 is 0 Å². The molecule has 0 aromatic rings. The van der Waals surface area contributed by atoms with Gasteiger partial charge in [0.15, 0.2) is 0 Å². The molecule has 2 heteroatoms. The van der Waals surface area contributed by atoms with Crippen LogP contribution in [0.5, 0.6) is 0 Å². The van der Waals surface area contributed by atoms with Gasteiger partial charge in [-0.05, 0) is 43.7 Å². The minimum atomic E-state index is 0. The summed E-state index contributed by atoms with van der Waals surface area (Å²) < 4.78 is 0. The van der Waals surface area contributed by atoms with Gasteiger partial charge >= 0.3 is 0 Å². The number of hydrogen-bond donors (Lipinski definition) is 0. The van der Waals surface area contributed by atoms with Crippen LogP contribution in [0.2, 0.25) is 0 Å². The molecule has 1 unspecified atom stereocenters. The topological polar surface area (TPSA) is 0 Å². The smallest absolute Gasteiger partial charge is 0.0209 e. The van der Waals surface area contributed by atoms with Crippen LogP contribution >= 0.6 is 24.9 Å². The van der Waals surface area contributed by atoms with Crippen LogP contribution in [0.4, 0.5) is 0 Å². The van der Waals surface area contributed by atoms with Gasteiger partial charge in [0.2, 0.25) is 0 Å². The van der Waals surface area contributed by atoms with Gasteiger partial charge in [0.05, 0.1) is 0 Å². The second-order valence-electron chi connectivity index (χ2n) is 6.74. The zero-order chi connectivity index (χ0) is 15.8. The fourth-order valence-corrected chi connectivity index (χ4v) is 6.77. The third-order valence-electron chi connectivity index (χ3n) is 4.63. The summed E-state index contributed by atoms with van der Waals surface area (Å²) in [5.41, 5.74) is 1.09. The molecule has 0 radical (unpaired) electrons. The molecule has 136 valence electrons. The van der Waals surface area contributed by atoms with Crippen molar-refractivity contribution in [1.29, 1.82) is 0 Å². The lowest BCUT2D eigenvalue weighted by molar-refractivity contribution is 0.565. The second kappa shape index (κ2) is 20.0. The summed E-state index contributed by atoms with van der Waals surface area (Å²) in [5.74, 6) is 0. The van der Waals surface area contributed by atoms with E-state index in [-0.39, 0.29) is 17.0 Å². The zero-order valence-corrected chi connectivity index (χ0v) is 18.6. The minimum absolute atomic E-state index is 0. The Balaban J connectivity index is 0. The maximum Gasteiger partial charge on any atom is -0.0209 e. The van der Waals surface area contributed by atoms with Crippen molar-refractivity contribution >= 4 is 24.9 Å². The van der Waals surface area contributed by atoms with Crippen LogP contribution in [0.1, 0.15) is 111 Å². The molecule has 0 saturated carbocycles. The van der Waals surface area contributed by atoms with E-state index in [1.54, 1.807) is 18.7 Å². The third-order valence-corrected chi connectivity index (χ3v) is 7.96. The highest BCUT2D eigenvalue weighted by Gasteiger charge is 2.18. The summed E-state index contributed by atoms with van der Waals surface area (Å²) in [6.07, 6.45) is 22.1. The lowest BCUT2D eigenvalue weighted by Gasteiger charge is -2.28. The van der Waals surface area contributed by atoms with Crippen LogP contribution in [0.3, 0.4) is 0 Å². The Morgan fingerprint density at radius 1 is 0.545 bits per heavy atom. The Morgan fingerprint density at radius 2 is 1.05 bits per heavy atom. The molecule has 0 nitrogen and oxygen atoms in total. The van der Waals surface area contributed by atoms with Crippen molar-refractivity contribution in [2.45, 2.75) is 117 Å². The molecule has 0 spiro atoms. The zero-order valence-electron chi connectivity index (χ0n) is 16.0. The highest BCUT2D eigenvalue weighted by molar-refractivity contribution is 8.93. The predicted molar refractivity (Wildman–Crippen MR) is 113 cm³/mol. The average Bonchev–Trinajstić information content (AvgIpc) is 2.50. The lowest BCUT2D eigenvalue weighted by atomic mass is 10.1. The molecule has 0 rings (SSSR count). The Hall–Kier alpha value is 0.910. The Bertz CT molecular complexity index is 188. The Labute approximate surface area is 154 Å². The maximum absolute atomic E-state index is 2.39. The van der Waals surface area contributed by atoms with Crippen molar-refractivity contribution in [1.82, 2.24) is 0 Å². The SMILES string of the molecule is Br.CCCCCCCCC(CCC)P(CCCC)CCCC. The van der Waals surface area contributed by atoms with Crippen LogP contribution in [-0.2, 0) is 0 Å². The summed E-state index contributed by atoms with van der Waals surface area (Å²) in [6.45, 7) is 9.42. The highest BCUT2D eigenvalue weighted by Crippen LogP contribution is 2.47. The molecule has 0 amide bonds. The Kier molecular flexibility index (Phi) is 22.8. The van der Waals surface area contributed by atoms with Crippen LogP contribution in [0.25, 0.3) is 0 Å². The van der Waals surface area contributed by atoms with Gasteiger partial charge in [-0.3, -0.25) is 0 Å². The first-order chi connectivity index (χ1) is 10.3. The standard InChI is InChI=1S/C20H43P.BrH/c1-5-9-12-13-14-15-17-20(16-8-4)21(18-10-6-2)19-11-7-3;/h20H,5-19H2,1-4H3;1H. The van der Waals surface area contributed by atoms with Crippen molar-refractivity contribution in [3.05, 3.63) is 0 Å². The van der Waals surface area contributed by atoms with Gasteiger partial charge in [0, 0.05) is 0 Å². The van der Waals surface area contributed by atoms with Gasteiger partial charge < -0.3 is 0 Å². The van der Waals surface area contributed by atoms with Gasteiger partial charge in [0.25, 0.3) is 0 Å². The quantitative estimate of drug-likeness (QED) is 0.181. The number of unbranched alkanes of at least 4 members (excludes halogenated alkanes) is 7. The van der Waals surface area contributed by atoms with E-state index < -0.39 is 0 Å². The van der Waals surface area contributed by atoms with Gasteiger partial charge in [-0.1, -0.05) is 85.5 Å². The molecule has 1 atom stereocenters. The molecule has 0 bridgehead atoms. The molecule has 0 aliphatic heterocycles. The van der Waals surface area contributed by atoms with Crippen molar-refractivity contribution in [3.8, 4) is 0 Å². The molecule has 0 heterocycles. The Morgan fingerprint density at radius 3 is 1.55 bits per heavy atom. The number of hydrogen-bond acceptors (Lipinski definition) is 0. The largest absolute Gasteiger partial charge is 0.114 e. The average molecular weight is 395 g/mol. The molecular weight excluding hydrogens is 351 g/mol. The number of halogens is 1. The van der Waals surface area contributed by atoms with Gasteiger partial charge in [-0.2, -0.15) is 0 Å². The minimum Gasteiger partial charge on any atom is -0.114 e. The first-order valence-electron chi connectivity index (χ1n) is 10.0. The van der Waals surface area contributed by atoms with Gasteiger partial charge in [0.1, 0.15) is 0 Å². The fraction of sp³-hybridized carbons (Fsp3) is 1.00. The molecule has 0 aliphatic carbocycles. The fourth-order valence-electron chi connectivity index (χ4n) is 3.20. The normalized spacial score (nSPS) is 12.4. The van der Waals surface area contributed by atoms with Gasteiger partial charge in [-0.15, -0.1) is 24.9 Å². The summed E-state index contributed by atoms with van der Waals surface area (Å²) >= 11 is 0. The maximum atomic E-state index is 2.39. The molecule has 0 aliphatic rings. The summed E-state index contributed by atoms with van der Waals surface area (Å²) in [6, 6.07) is 0. The summed E-state index contributed by atoms with van der Waals surface area (Å²) in [7, 11) is 0.331. The van der Waals surface area contributed by atoms with E-state index in [1.807, 2.05) is 0 Å². The summed E-state index contributed by atoms with van der Waals surface area (Å²) in [5, 5.41) is 0. The third kappa shape index (κ3) is 14.5. The van der Waals surface area contributed by atoms with Crippen molar-refractivity contribution < 1.29 is 0 Å². The van der Waals surface area contributed by atoms with E-state index in [0.717, 1.165) is 5.66 Å². The first kappa shape index (κ1) is 25.2. The molecule has 22 heavy (non-hydrogen) atoms. The molecule has 0 fully saturated rings. The van der Waals surface area contributed by atoms with E-state index in [2.05, 4.69) is 27.7 Å². The highest BCUT2D eigenvalue weighted by atomic mass is 79.9. The second-order valence-corrected chi connectivity index (χ2v) is 9.54. The molecule has 0 saturated heterocycles. The van der Waals surface area contributed by atoms with Crippen molar-refractivity contribution in [3.63, 3.8) is 0 Å².